The summed E-state index contributed by atoms with van der Waals surface area (Å²) >= 11 is 0. The first-order valence-electron chi connectivity index (χ1n) is 11.9. The van der Waals surface area contributed by atoms with Crippen LogP contribution in [0.25, 0.3) is 0 Å². The van der Waals surface area contributed by atoms with E-state index in [1.807, 2.05) is 58.3 Å². The zero-order valence-electron chi connectivity index (χ0n) is 19.7. The van der Waals surface area contributed by atoms with Crippen molar-refractivity contribution < 1.29 is 14.4 Å². The number of para-hydroxylation sites is 1. The summed E-state index contributed by atoms with van der Waals surface area (Å²) in [7, 11) is 0. The first-order valence-corrected chi connectivity index (χ1v) is 11.9. The number of carbonyl (C=O) groups is 3. The van der Waals surface area contributed by atoms with E-state index in [0.717, 1.165) is 28.8 Å². The van der Waals surface area contributed by atoms with Gasteiger partial charge in [-0.25, -0.2) is 0 Å². The van der Waals surface area contributed by atoms with Gasteiger partial charge in [0.1, 0.15) is 0 Å². The molecule has 2 aliphatic rings. The van der Waals surface area contributed by atoms with Gasteiger partial charge in [0.25, 0.3) is 0 Å². The van der Waals surface area contributed by atoms with E-state index in [4.69, 9.17) is 5.73 Å². The fraction of sp³-hybridized carbons (Fsp3) is 0.423. The van der Waals surface area contributed by atoms with Gasteiger partial charge in [-0.1, -0.05) is 49.4 Å². The van der Waals surface area contributed by atoms with Crippen LogP contribution in [0.3, 0.4) is 0 Å². The predicted molar refractivity (Wildman–Crippen MR) is 131 cm³/mol. The molecule has 0 aromatic heterocycles. The van der Waals surface area contributed by atoms with Crippen LogP contribution in [0.4, 0.5) is 5.69 Å². The van der Waals surface area contributed by atoms with E-state index in [-0.39, 0.29) is 18.4 Å². The molecule has 0 bridgehead atoms. The van der Waals surface area contributed by atoms with Gasteiger partial charge in [0.15, 0.2) is 0 Å². The van der Waals surface area contributed by atoms with Crippen molar-refractivity contribution in [1.82, 2.24) is 14.7 Å². The van der Waals surface area contributed by atoms with Crippen LogP contribution in [0.2, 0.25) is 0 Å². The molecule has 2 aromatic rings. The number of hydrogen-bond acceptors (Lipinski definition) is 5. The lowest BCUT2D eigenvalue weighted by Crippen LogP contribution is -2.55. The van der Waals surface area contributed by atoms with Gasteiger partial charge in [0.2, 0.25) is 17.7 Å². The van der Waals surface area contributed by atoms with Crippen molar-refractivity contribution in [2.24, 2.45) is 5.73 Å². The fourth-order valence-corrected chi connectivity index (χ4v) is 4.80. The van der Waals surface area contributed by atoms with Crippen LogP contribution in [0.1, 0.15) is 23.6 Å². The van der Waals surface area contributed by atoms with Gasteiger partial charge in [-0.05, 0) is 35.6 Å². The quantitative estimate of drug-likeness (QED) is 0.644. The van der Waals surface area contributed by atoms with Crippen molar-refractivity contribution in [2.45, 2.75) is 32.4 Å². The fourth-order valence-electron chi connectivity index (χ4n) is 4.80. The molecule has 34 heavy (non-hydrogen) atoms. The first kappa shape index (κ1) is 23.9. The van der Waals surface area contributed by atoms with Crippen LogP contribution in [-0.2, 0) is 33.8 Å². The van der Waals surface area contributed by atoms with E-state index >= 15 is 0 Å². The maximum Gasteiger partial charge on any atom is 0.238 e. The third kappa shape index (κ3) is 5.63. The van der Waals surface area contributed by atoms with Crippen LogP contribution in [-0.4, -0.2) is 77.7 Å². The third-order valence-corrected chi connectivity index (χ3v) is 6.78. The maximum absolute atomic E-state index is 13.0. The third-order valence-electron chi connectivity index (χ3n) is 6.78. The Balaban J connectivity index is 1.28. The zero-order valence-corrected chi connectivity index (χ0v) is 19.7. The Morgan fingerprint density at radius 3 is 2.32 bits per heavy atom. The number of amides is 3. The molecule has 4 rings (SSSR count). The first-order chi connectivity index (χ1) is 16.4. The van der Waals surface area contributed by atoms with Crippen LogP contribution in [0.5, 0.6) is 0 Å². The van der Waals surface area contributed by atoms with Crippen molar-refractivity contribution in [3.63, 3.8) is 0 Å². The minimum Gasteiger partial charge on any atom is -0.368 e. The van der Waals surface area contributed by atoms with Crippen molar-refractivity contribution >= 4 is 23.4 Å². The SMILES string of the molecule is CCc1ccccc1NC(=O)CN1CCN(C(=O)CN2Cc3ccccc3C[C@H]2C(N)=O)CC1. The Morgan fingerprint density at radius 2 is 1.62 bits per heavy atom. The smallest absolute Gasteiger partial charge is 0.238 e. The molecule has 3 amide bonds. The largest absolute Gasteiger partial charge is 0.368 e. The lowest BCUT2D eigenvalue weighted by Gasteiger charge is -2.38. The van der Waals surface area contributed by atoms with Crippen LogP contribution in [0.15, 0.2) is 48.5 Å². The molecule has 0 unspecified atom stereocenters. The molecule has 1 fully saturated rings. The second-order valence-electron chi connectivity index (χ2n) is 9.01. The summed E-state index contributed by atoms with van der Waals surface area (Å²) in [6.45, 7) is 5.45. The van der Waals surface area contributed by atoms with Crippen molar-refractivity contribution in [3.8, 4) is 0 Å². The highest BCUT2D eigenvalue weighted by Crippen LogP contribution is 2.23. The summed E-state index contributed by atoms with van der Waals surface area (Å²) in [5.74, 6) is -0.452. The monoisotopic (exact) mass is 463 g/mol. The number of benzene rings is 2. The normalized spacial score (nSPS) is 18.9. The Hall–Kier alpha value is -3.23. The predicted octanol–water partition coefficient (Wildman–Crippen LogP) is 1.24. The number of fused-ring (bicyclic) bond motifs is 1. The highest BCUT2D eigenvalue weighted by molar-refractivity contribution is 5.93. The molecule has 2 aliphatic heterocycles. The standard InChI is InChI=1S/C26H33N5O3/c1-2-19-7-5-6-10-22(19)28-24(32)17-29-11-13-30(14-12-29)25(33)18-31-16-21-9-4-3-8-20(21)15-23(31)26(27)34/h3-10,23H,2,11-18H2,1H3,(H2,27,34)(H,28,32)/t23-/m0/s1. The van der Waals surface area contributed by atoms with E-state index in [2.05, 4.69) is 17.1 Å². The van der Waals surface area contributed by atoms with Gasteiger partial charge in [0, 0.05) is 38.4 Å². The minimum absolute atomic E-state index is 0.00777. The maximum atomic E-state index is 13.0. The lowest BCUT2D eigenvalue weighted by atomic mass is 9.93. The number of hydrogen-bond donors (Lipinski definition) is 2. The highest BCUT2D eigenvalue weighted by Gasteiger charge is 2.33. The van der Waals surface area contributed by atoms with E-state index in [0.29, 0.717) is 45.7 Å². The molecule has 8 nitrogen and oxygen atoms in total. The van der Waals surface area contributed by atoms with Gasteiger partial charge in [-0.2, -0.15) is 0 Å². The Bertz CT molecular complexity index is 1050. The number of nitrogens with one attached hydrogen (secondary N) is 1. The number of anilines is 1. The number of nitrogens with zero attached hydrogens (tertiary/aromatic N) is 3. The summed E-state index contributed by atoms with van der Waals surface area (Å²) in [4.78, 5) is 43.4. The van der Waals surface area contributed by atoms with Crippen LogP contribution in [0, 0.1) is 0 Å². The Labute approximate surface area is 200 Å². The molecule has 2 heterocycles. The molecule has 1 saturated heterocycles. The summed E-state index contributed by atoms with van der Waals surface area (Å²) in [5, 5.41) is 3.01. The molecule has 1 atom stereocenters. The van der Waals surface area contributed by atoms with E-state index < -0.39 is 11.9 Å². The van der Waals surface area contributed by atoms with Gasteiger partial charge >= 0.3 is 0 Å². The summed E-state index contributed by atoms with van der Waals surface area (Å²) < 4.78 is 0. The molecular weight excluding hydrogens is 430 g/mol. The van der Waals surface area contributed by atoms with E-state index in [9.17, 15) is 14.4 Å². The minimum atomic E-state index is -0.477. The van der Waals surface area contributed by atoms with Crippen molar-refractivity contribution in [1.29, 1.82) is 0 Å². The highest BCUT2D eigenvalue weighted by atomic mass is 16.2. The average Bonchev–Trinajstić information content (AvgIpc) is 2.84. The van der Waals surface area contributed by atoms with Crippen molar-refractivity contribution in [2.75, 3.05) is 44.6 Å². The summed E-state index contributed by atoms with van der Waals surface area (Å²) in [6.07, 6.45) is 1.39. The number of primary amides is 1. The van der Waals surface area contributed by atoms with Gasteiger partial charge < -0.3 is 16.0 Å². The summed E-state index contributed by atoms with van der Waals surface area (Å²) in [6, 6.07) is 15.3. The average molecular weight is 464 g/mol. The van der Waals surface area contributed by atoms with Gasteiger partial charge in [-0.3, -0.25) is 24.2 Å². The molecular formula is C26H33N5O3. The molecule has 0 radical (unpaired) electrons. The van der Waals surface area contributed by atoms with E-state index in [1.165, 1.54) is 0 Å². The topological polar surface area (TPSA) is 99.0 Å². The molecule has 0 spiro atoms. The molecule has 3 N–H and O–H groups in total. The van der Waals surface area contributed by atoms with E-state index in [1.54, 1.807) is 0 Å². The molecule has 0 aliphatic carbocycles. The Kier molecular flexibility index (Phi) is 7.59. The van der Waals surface area contributed by atoms with Crippen LogP contribution >= 0.6 is 0 Å². The number of nitrogens with two attached hydrogens (primary N) is 1. The van der Waals surface area contributed by atoms with Gasteiger partial charge in [0.05, 0.1) is 19.1 Å². The van der Waals surface area contributed by atoms with Crippen LogP contribution < -0.4 is 11.1 Å². The number of aryl methyl sites for hydroxylation is 1. The number of piperazine rings is 1. The number of rotatable bonds is 7. The molecule has 2 aromatic carbocycles. The molecule has 0 saturated carbocycles. The summed E-state index contributed by atoms with van der Waals surface area (Å²) in [5.41, 5.74) is 9.87. The lowest BCUT2D eigenvalue weighted by molar-refractivity contribution is -0.136. The molecule has 8 heteroatoms. The Morgan fingerprint density at radius 1 is 0.941 bits per heavy atom. The second kappa shape index (κ2) is 10.8. The second-order valence-corrected chi connectivity index (χ2v) is 9.01. The van der Waals surface area contributed by atoms with Crippen molar-refractivity contribution in [3.05, 3.63) is 65.2 Å². The number of carbonyl (C=O) groups excluding carboxylic acids is 3. The van der Waals surface area contributed by atoms with Gasteiger partial charge in [-0.15, -0.1) is 0 Å². The zero-order chi connectivity index (χ0) is 24.1. The molecule has 180 valence electrons.